The predicted molar refractivity (Wildman–Crippen MR) is 104 cm³/mol. The molecule has 5 aromatic rings. The van der Waals surface area contributed by atoms with Crippen LogP contribution in [0.25, 0.3) is 33.6 Å². The van der Waals surface area contributed by atoms with E-state index in [0.29, 0.717) is 39.3 Å². The molecule has 5 rings (SSSR count). The highest BCUT2D eigenvalue weighted by molar-refractivity contribution is 6.12. The molecule has 0 unspecified atom stereocenters. The van der Waals surface area contributed by atoms with E-state index < -0.39 is 0 Å². The van der Waals surface area contributed by atoms with Crippen LogP contribution in [0.1, 0.15) is 10.4 Å². The minimum absolute atomic E-state index is 0.295. The molecule has 1 amide bonds. The van der Waals surface area contributed by atoms with E-state index in [1.165, 1.54) is 0 Å². The smallest absolute Gasteiger partial charge is 0.323 e. The number of aromatic amines is 3. The fourth-order valence-corrected chi connectivity index (χ4v) is 3.07. The monoisotopic (exact) mass is 371 g/mol. The summed E-state index contributed by atoms with van der Waals surface area (Å²) in [5.41, 5.74) is 3.83. The van der Waals surface area contributed by atoms with Crippen LogP contribution in [0.15, 0.2) is 59.8 Å². The summed E-state index contributed by atoms with van der Waals surface area (Å²) in [5, 5.41) is 2.84. The van der Waals surface area contributed by atoms with Gasteiger partial charge in [-0.2, -0.15) is 0 Å². The maximum absolute atomic E-state index is 12.8. The van der Waals surface area contributed by atoms with Crippen LogP contribution in [-0.2, 0) is 0 Å². The number of H-pyrrole nitrogens is 3. The number of rotatable bonds is 3. The zero-order chi connectivity index (χ0) is 19.1. The fraction of sp³-hybridized carbons (Fsp3) is 0. The Hall–Kier alpha value is -4.27. The molecule has 0 saturated heterocycles. The van der Waals surface area contributed by atoms with Crippen LogP contribution in [0.2, 0.25) is 0 Å². The Kier molecular flexibility index (Phi) is 3.51. The summed E-state index contributed by atoms with van der Waals surface area (Å²) in [4.78, 5) is 45.5. The van der Waals surface area contributed by atoms with Crippen molar-refractivity contribution in [2.75, 3.05) is 5.32 Å². The van der Waals surface area contributed by atoms with E-state index in [1.54, 1.807) is 48.9 Å². The molecule has 4 N–H and O–H groups in total. The van der Waals surface area contributed by atoms with Crippen LogP contribution in [0.3, 0.4) is 0 Å². The van der Waals surface area contributed by atoms with Crippen LogP contribution in [0, 0.1) is 0 Å². The van der Waals surface area contributed by atoms with Crippen LogP contribution in [0.4, 0.5) is 5.69 Å². The highest BCUT2D eigenvalue weighted by Gasteiger charge is 2.15. The highest BCUT2D eigenvalue weighted by Crippen LogP contribution is 2.23. The van der Waals surface area contributed by atoms with Gasteiger partial charge in [0, 0.05) is 18.1 Å². The van der Waals surface area contributed by atoms with Crippen molar-refractivity contribution >= 4 is 33.7 Å². The lowest BCUT2D eigenvalue weighted by atomic mass is 10.1. The van der Waals surface area contributed by atoms with Crippen LogP contribution >= 0.6 is 0 Å². The number of hydrogen-bond acceptors (Lipinski definition) is 5. The van der Waals surface area contributed by atoms with Gasteiger partial charge in [-0.15, -0.1) is 0 Å². The maximum Gasteiger partial charge on any atom is 0.323 e. The molecule has 0 aliphatic carbocycles. The normalized spacial score (nSPS) is 11.1. The Morgan fingerprint density at radius 3 is 2.71 bits per heavy atom. The standard InChI is InChI=1S/C19H13N7O2/c27-18(22-10-4-5-12-14(8-10)25-19(28)24-12)11-2-1-3-13-16(11)26-17(23-13)15-9-20-6-7-21-15/h1-9H,(H,22,27)(H,23,26)(H2,24,25,28). The third-order valence-electron chi connectivity index (χ3n) is 4.34. The number of nitrogens with one attached hydrogen (secondary N) is 4. The SMILES string of the molecule is O=C(Nc1ccc2[nH]c(=O)[nH]c2c1)c1cccc2[nH]c(-c3cnccn3)nc12. The largest absolute Gasteiger partial charge is 0.337 e. The highest BCUT2D eigenvalue weighted by atomic mass is 16.2. The minimum atomic E-state index is -0.306. The first-order valence-corrected chi connectivity index (χ1v) is 8.46. The van der Waals surface area contributed by atoms with Gasteiger partial charge in [-0.25, -0.2) is 14.8 Å². The van der Waals surface area contributed by atoms with Crippen molar-refractivity contribution in [1.82, 2.24) is 29.9 Å². The van der Waals surface area contributed by atoms with Gasteiger partial charge in [0.15, 0.2) is 5.82 Å². The minimum Gasteiger partial charge on any atom is -0.337 e. The molecule has 3 heterocycles. The summed E-state index contributed by atoms with van der Waals surface area (Å²) in [6, 6.07) is 10.5. The van der Waals surface area contributed by atoms with Crippen molar-refractivity contribution in [3.63, 3.8) is 0 Å². The topological polar surface area (TPSA) is 132 Å². The van der Waals surface area contributed by atoms with Gasteiger partial charge in [-0.1, -0.05) is 6.07 Å². The second-order valence-electron chi connectivity index (χ2n) is 6.17. The second-order valence-corrected chi connectivity index (χ2v) is 6.17. The zero-order valence-electron chi connectivity index (χ0n) is 14.4. The quantitative estimate of drug-likeness (QED) is 0.387. The molecular formula is C19H13N7O2. The first kappa shape index (κ1) is 15.9. The van der Waals surface area contributed by atoms with Crippen molar-refractivity contribution < 1.29 is 4.79 Å². The van der Waals surface area contributed by atoms with Gasteiger partial charge >= 0.3 is 5.69 Å². The van der Waals surface area contributed by atoms with E-state index in [-0.39, 0.29) is 11.6 Å². The lowest BCUT2D eigenvalue weighted by Gasteiger charge is -2.06. The Bertz CT molecular complexity index is 1380. The second kappa shape index (κ2) is 6.16. The Labute approximate surface area is 156 Å². The van der Waals surface area contributed by atoms with Crippen molar-refractivity contribution in [3.8, 4) is 11.5 Å². The number of para-hydroxylation sites is 1. The summed E-state index contributed by atoms with van der Waals surface area (Å²) in [6.45, 7) is 0. The van der Waals surface area contributed by atoms with Crippen LogP contribution < -0.4 is 11.0 Å². The van der Waals surface area contributed by atoms with Gasteiger partial charge in [0.25, 0.3) is 5.91 Å². The van der Waals surface area contributed by atoms with E-state index in [4.69, 9.17) is 0 Å². The van der Waals surface area contributed by atoms with Gasteiger partial charge < -0.3 is 20.3 Å². The Balaban J connectivity index is 1.51. The molecule has 0 spiro atoms. The van der Waals surface area contributed by atoms with Crippen molar-refractivity contribution in [2.24, 2.45) is 0 Å². The Morgan fingerprint density at radius 2 is 1.86 bits per heavy atom. The van der Waals surface area contributed by atoms with E-state index in [1.807, 2.05) is 6.07 Å². The molecule has 9 nitrogen and oxygen atoms in total. The van der Waals surface area contributed by atoms with Gasteiger partial charge in [0.1, 0.15) is 11.2 Å². The Morgan fingerprint density at radius 1 is 0.964 bits per heavy atom. The predicted octanol–water partition coefficient (Wildman–Crippen LogP) is 2.44. The molecule has 28 heavy (non-hydrogen) atoms. The number of carbonyl (C=O) groups excluding carboxylic acids is 1. The first-order valence-electron chi connectivity index (χ1n) is 8.46. The molecule has 136 valence electrons. The lowest BCUT2D eigenvalue weighted by molar-refractivity contribution is 0.102. The van der Waals surface area contributed by atoms with E-state index in [2.05, 4.69) is 35.2 Å². The third kappa shape index (κ3) is 2.71. The first-order chi connectivity index (χ1) is 13.7. The number of imidazole rings is 2. The molecule has 0 aliphatic rings. The fourth-order valence-electron chi connectivity index (χ4n) is 3.07. The summed E-state index contributed by atoms with van der Waals surface area (Å²) < 4.78 is 0. The number of anilines is 1. The lowest BCUT2D eigenvalue weighted by Crippen LogP contribution is -2.12. The molecule has 0 aliphatic heterocycles. The van der Waals surface area contributed by atoms with Crippen LogP contribution in [-0.4, -0.2) is 35.8 Å². The number of fused-ring (bicyclic) bond motifs is 2. The summed E-state index contributed by atoms with van der Waals surface area (Å²) in [5.74, 6) is 0.231. The van der Waals surface area contributed by atoms with Gasteiger partial charge in [-0.3, -0.25) is 9.78 Å². The molecule has 9 heteroatoms. The van der Waals surface area contributed by atoms with E-state index in [0.717, 1.165) is 5.52 Å². The number of aromatic nitrogens is 6. The van der Waals surface area contributed by atoms with E-state index in [9.17, 15) is 9.59 Å². The molecule has 0 bridgehead atoms. The number of hydrogen-bond donors (Lipinski definition) is 4. The van der Waals surface area contributed by atoms with Gasteiger partial charge in [0.2, 0.25) is 0 Å². The number of nitrogens with zero attached hydrogens (tertiary/aromatic N) is 3. The molecule has 0 radical (unpaired) electrons. The molecule has 3 aromatic heterocycles. The van der Waals surface area contributed by atoms with Crippen molar-refractivity contribution in [1.29, 1.82) is 0 Å². The number of carbonyl (C=O) groups is 1. The summed E-state index contributed by atoms with van der Waals surface area (Å²) in [6.07, 6.45) is 4.77. The van der Waals surface area contributed by atoms with Crippen LogP contribution in [0.5, 0.6) is 0 Å². The third-order valence-corrected chi connectivity index (χ3v) is 4.34. The molecule has 2 aromatic carbocycles. The molecular weight excluding hydrogens is 358 g/mol. The average molecular weight is 371 g/mol. The molecule has 0 saturated carbocycles. The number of benzene rings is 2. The summed E-state index contributed by atoms with van der Waals surface area (Å²) in [7, 11) is 0. The van der Waals surface area contributed by atoms with Gasteiger partial charge in [-0.05, 0) is 30.3 Å². The average Bonchev–Trinajstić information content (AvgIpc) is 3.30. The van der Waals surface area contributed by atoms with Gasteiger partial charge in [0.05, 0.1) is 28.3 Å². The van der Waals surface area contributed by atoms with Crippen molar-refractivity contribution in [2.45, 2.75) is 0 Å². The molecule has 0 atom stereocenters. The zero-order valence-corrected chi connectivity index (χ0v) is 14.4. The molecule has 0 fully saturated rings. The van der Waals surface area contributed by atoms with E-state index >= 15 is 0 Å². The van der Waals surface area contributed by atoms with Crippen molar-refractivity contribution in [3.05, 3.63) is 71.0 Å². The number of amides is 1. The summed E-state index contributed by atoms with van der Waals surface area (Å²) >= 11 is 0. The maximum atomic E-state index is 12.8.